The highest BCUT2D eigenvalue weighted by Gasteiger charge is 2.17. The number of nitrogens with zero attached hydrogens (tertiary/aromatic N) is 4. The smallest absolute Gasteiger partial charge is 0.152 e. The first-order valence-corrected chi connectivity index (χ1v) is 9.96. The molecule has 0 spiro atoms. The van der Waals surface area contributed by atoms with Crippen LogP contribution >= 0.6 is 0 Å². The summed E-state index contributed by atoms with van der Waals surface area (Å²) >= 11 is -2.24. The number of nitrogens with two attached hydrogens (primary N) is 1. The number of nitrogen functional groups attached to an aromatic ring is 1. The number of para-hydroxylation sites is 1. The van der Waals surface area contributed by atoms with Gasteiger partial charge in [0.2, 0.25) is 0 Å². The van der Waals surface area contributed by atoms with Crippen molar-refractivity contribution < 1.29 is 18.2 Å². The van der Waals surface area contributed by atoms with E-state index in [1.54, 1.807) is 7.11 Å². The van der Waals surface area contributed by atoms with Crippen molar-refractivity contribution >= 4 is 39.0 Å². The lowest BCUT2D eigenvalue weighted by Gasteiger charge is -2.18. The van der Waals surface area contributed by atoms with Gasteiger partial charge in [-0.2, -0.15) is 0 Å². The lowest BCUT2D eigenvalue weighted by atomic mass is 10.2. The van der Waals surface area contributed by atoms with Crippen molar-refractivity contribution in [2.24, 2.45) is 0 Å². The molecule has 3 aromatic rings. The van der Waals surface area contributed by atoms with E-state index in [1.807, 2.05) is 24.3 Å². The second kappa shape index (κ2) is 9.39. The molecule has 0 radical (unpaired) electrons. The summed E-state index contributed by atoms with van der Waals surface area (Å²) < 4.78 is 35.8. The Kier molecular flexibility index (Phi) is 6.92. The van der Waals surface area contributed by atoms with Gasteiger partial charge in [-0.15, -0.1) is 0 Å². The molecule has 0 bridgehead atoms. The molecule has 2 heterocycles. The molecule has 2 aromatic heterocycles. The van der Waals surface area contributed by atoms with Crippen LogP contribution in [0.2, 0.25) is 0 Å². The maximum atomic E-state index is 10.8. The zero-order chi connectivity index (χ0) is 20.1. The standard InChI is InChI=1S/C18H25N5O4S/c1-22(28(24)25)8-11-27-12-9-23-15(7-10-26-2)21-16-17(23)13-5-3-4-6-14(13)20-18(16)19/h3-6H,7-12H2,1-2H3,(H2,19,20)(H,24,25)/p-1. The summed E-state index contributed by atoms with van der Waals surface area (Å²) in [5, 5.41) is 0.976. The fourth-order valence-electron chi connectivity index (χ4n) is 3.06. The molecule has 28 heavy (non-hydrogen) atoms. The van der Waals surface area contributed by atoms with Gasteiger partial charge in [0.25, 0.3) is 0 Å². The average Bonchev–Trinajstić information content (AvgIpc) is 3.05. The summed E-state index contributed by atoms with van der Waals surface area (Å²) in [4.78, 5) is 9.16. The third kappa shape index (κ3) is 4.47. The molecule has 1 aromatic carbocycles. The number of hydrogen-bond donors (Lipinski definition) is 1. The normalized spacial score (nSPS) is 13.0. The first-order chi connectivity index (χ1) is 13.5. The molecule has 0 aliphatic rings. The van der Waals surface area contributed by atoms with Crippen LogP contribution in [0.5, 0.6) is 0 Å². The molecular weight excluding hydrogens is 382 g/mol. The second-order valence-electron chi connectivity index (χ2n) is 6.31. The van der Waals surface area contributed by atoms with Crippen LogP contribution in [-0.2, 0) is 33.7 Å². The second-order valence-corrected chi connectivity index (χ2v) is 7.37. The van der Waals surface area contributed by atoms with Crippen LogP contribution in [0.15, 0.2) is 24.3 Å². The zero-order valence-corrected chi connectivity index (χ0v) is 16.8. The summed E-state index contributed by atoms with van der Waals surface area (Å²) in [5.41, 5.74) is 8.57. The quantitative estimate of drug-likeness (QED) is 0.395. The number of fused-ring (bicyclic) bond motifs is 3. The van der Waals surface area contributed by atoms with E-state index in [9.17, 15) is 8.76 Å². The van der Waals surface area contributed by atoms with E-state index < -0.39 is 11.3 Å². The monoisotopic (exact) mass is 406 g/mol. The minimum absolute atomic E-state index is 0.303. The summed E-state index contributed by atoms with van der Waals surface area (Å²) in [6, 6.07) is 7.81. The van der Waals surface area contributed by atoms with E-state index in [1.165, 1.54) is 11.4 Å². The molecule has 0 saturated carbocycles. The molecule has 9 nitrogen and oxygen atoms in total. The lowest BCUT2D eigenvalue weighted by molar-refractivity contribution is 0.118. The van der Waals surface area contributed by atoms with E-state index in [-0.39, 0.29) is 0 Å². The number of aromatic nitrogens is 3. The highest BCUT2D eigenvalue weighted by molar-refractivity contribution is 7.76. The summed E-state index contributed by atoms with van der Waals surface area (Å²) in [7, 11) is 3.15. The van der Waals surface area contributed by atoms with Crippen molar-refractivity contribution in [2.75, 3.05) is 46.3 Å². The van der Waals surface area contributed by atoms with E-state index in [2.05, 4.69) is 9.55 Å². The van der Waals surface area contributed by atoms with Crippen molar-refractivity contribution in [3.05, 3.63) is 30.1 Å². The van der Waals surface area contributed by atoms with Crippen LogP contribution in [0.3, 0.4) is 0 Å². The molecule has 0 aliphatic carbocycles. The number of benzene rings is 1. The van der Waals surface area contributed by atoms with Crippen molar-refractivity contribution in [1.82, 2.24) is 18.8 Å². The van der Waals surface area contributed by atoms with Crippen molar-refractivity contribution in [2.45, 2.75) is 13.0 Å². The van der Waals surface area contributed by atoms with Crippen LogP contribution < -0.4 is 5.73 Å². The van der Waals surface area contributed by atoms with E-state index in [0.29, 0.717) is 50.7 Å². The first-order valence-electron chi connectivity index (χ1n) is 8.93. The average molecular weight is 406 g/mol. The van der Waals surface area contributed by atoms with Crippen LogP contribution in [-0.4, -0.2) is 68.1 Å². The van der Waals surface area contributed by atoms with Crippen LogP contribution in [0.4, 0.5) is 5.82 Å². The third-order valence-corrected chi connectivity index (χ3v) is 5.17. The third-order valence-electron chi connectivity index (χ3n) is 4.48. The molecule has 3 rings (SSSR count). The minimum atomic E-state index is -2.24. The molecular formula is C18H24N5O4S-. The Labute approximate surface area is 165 Å². The Morgan fingerprint density at radius 3 is 2.79 bits per heavy atom. The molecule has 0 fully saturated rings. The number of likely N-dealkylation sites (N-methyl/N-ethyl adjacent to an activating group) is 1. The SMILES string of the molecule is COCCc1nc2c(N)nc3ccccc3c2n1CCOCCN(C)S(=O)[O-]. The highest BCUT2D eigenvalue weighted by Crippen LogP contribution is 2.28. The number of hydrogen-bond acceptors (Lipinski definition) is 7. The molecule has 1 unspecified atom stereocenters. The van der Waals surface area contributed by atoms with Crippen LogP contribution in [0, 0.1) is 0 Å². The Bertz CT molecular complexity index is 977. The molecule has 2 N–H and O–H groups in total. The van der Waals surface area contributed by atoms with Gasteiger partial charge in [0.1, 0.15) is 11.3 Å². The number of methoxy groups -OCH3 is 1. The van der Waals surface area contributed by atoms with Gasteiger partial charge in [0.15, 0.2) is 5.82 Å². The predicted octanol–water partition coefficient (Wildman–Crippen LogP) is 1.10. The highest BCUT2D eigenvalue weighted by atomic mass is 32.2. The van der Waals surface area contributed by atoms with Gasteiger partial charge in [-0.05, 0) is 13.1 Å². The Morgan fingerprint density at radius 2 is 2.04 bits per heavy atom. The maximum absolute atomic E-state index is 10.8. The van der Waals surface area contributed by atoms with Gasteiger partial charge >= 0.3 is 0 Å². The molecule has 0 amide bonds. The number of rotatable bonds is 10. The molecule has 10 heteroatoms. The molecule has 0 saturated heterocycles. The van der Waals surface area contributed by atoms with Crippen molar-refractivity contribution in [3.8, 4) is 0 Å². The van der Waals surface area contributed by atoms with Crippen molar-refractivity contribution in [1.29, 1.82) is 0 Å². The largest absolute Gasteiger partial charge is 0.760 e. The number of imidazole rings is 1. The molecule has 1 atom stereocenters. The van der Waals surface area contributed by atoms with E-state index >= 15 is 0 Å². The van der Waals surface area contributed by atoms with Crippen molar-refractivity contribution in [3.63, 3.8) is 0 Å². The Morgan fingerprint density at radius 1 is 1.25 bits per heavy atom. The Balaban J connectivity index is 1.87. The minimum Gasteiger partial charge on any atom is -0.760 e. The topological polar surface area (TPSA) is 119 Å². The fourth-order valence-corrected chi connectivity index (χ4v) is 3.28. The number of ether oxygens (including phenoxy) is 2. The lowest BCUT2D eigenvalue weighted by Crippen LogP contribution is -2.25. The fraction of sp³-hybridized carbons (Fsp3) is 0.444. The van der Waals surface area contributed by atoms with Gasteiger partial charge in [0.05, 0.1) is 30.9 Å². The van der Waals surface area contributed by atoms with E-state index in [4.69, 9.17) is 20.2 Å². The van der Waals surface area contributed by atoms with Crippen LogP contribution in [0.1, 0.15) is 5.82 Å². The van der Waals surface area contributed by atoms with E-state index in [0.717, 1.165) is 22.2 Å². The van der Waals surface area contributed by atoms with Gasteiger partial charge < -0.3 is 24.3 Å². The summed E-state index contributed by atoms with van der Waals surface area (Å²) in [5.74, 6) is 1.25. The first kappa shape index (κ1) is 20.6. The molecule has 152 valence electrons. The summed E-state index contributed by atoms with van der Waals surface area (Å²) in [6.45, 7) is 2.14. The van der Waals surface area contributed by atoms with Gasteiger partial charge in [-0.3, -0.25) is 4.21 Å². The Hall–Kier alpha value is -2.11. The zero-order valence-electron chi connectivity index (χ0n) is 16.0. The van der Waals surface area contributed by atoms with Gasteiger partial charge in [0, 0.05) is 43.3 Å². The maximum Gasteiger partial charge on any atom is 0.152 e. The predicted molar refractivity (Wildman–Crippen MR) is 107 cm³/mol. The summed E-state index contributed by atoms with van der Waals surface area (Å²) in [6.07, 6.45) is 0.636. The van der Waals surface area contributed by atoms with Gasteiger partial charge in [-0.25, -0.2) is 14.3 Å². The van der Waals surface area contributed by atoms with Gasteiger partial charge in [-0.1, -0.05) is 18.2 Å². The molecule has 0 aliphatic heterocycles. The number of anilines is 1. The van der Waals surface area contributed by atoms with Crippen LogP contribution in [0.25, 0.3) is 21.9 Å². The number of pyridine rings is 1.